The van der Waals surface area contributed by atoms with Crippen molar-refractivity contribution in [2.45, 2.75) is 13.3 Å². The number of aryl methyl sites for hydroxylation is 1. The Kier molecular flexibility index (Phi) is 3.46. The fraction of sp³-hybridized carbons (Fsp3) is 0.143. The summed E-state index contributed by atoms with van der Waals surface area (Å²) in [5, 5.41) is 0. The molecule has 0 radical (unpaired) electrons. The number of nitrogens with zero attached hydrogens (tertiary/aromatic N) is 1. The van der Waals surface area contributed by atoms with E-state index in [0.717, 1.165) is 0 Å². The molecule has 1 aromatic carbocycles. The van der Waals surface area contributed by atoms with E-state index in [4.69, 9.17) is 0 Å². The third-order valence-corrected chi connectivity index (χ3v) is 2.69. The number of hydrogen-bond donors (Lipinski definition) is 0. The zero-order chi connectivity index (χ0) is 13.1. The number of pyridine rings is 1. The van der Waals surface area contributed by atoms with Gasteiger partial charge >= 0.3 is 0 Å². The zero-order valence-corrected chi connectivity index (χ0v) is 9.73. The van der Waals surface area contributed by atoms with Crippen molar-refractivity contribution >= 4 is 5.78 Å². The van der Waals surface area contributed by atoms with Gasteiger partial charge in [0.25, 0.3) is 6.43 Å². The van der Waals surface area contributed by atoms with Gasteiger partial charge in [-0.3, -0.25) is 9.78 Å². The molecule has 92 valence electrons. The van der Waals surface area contributed by atoms with E-state index < -0.39 is 6.43 Å². The van der Waals surface area contributed by atoms with Gasteiger partial charge in [0.2, 0.25) is 0 Å². The molecule has 4 heteroatoms. The van der Waals surface area contributed by atoms with Gasteiger partial charge in [-0.15, -0.1) is 0 Å². The lowest BCUT2D eigenvalue weighted by atomic mass is 10.00. The Balaban J connectivity index is 2.36. The first kappa shape index (κ1) is 12.4. The molecule has 0 amide bonds. The lowest BCUT2D eigenvalue weighted by molar-refractivity contribution is 0.103. The van der Waals surface area contributed by atoms with E-state index >= 15 is 0 Å². The summed E-state index contributed by atoms with van der Waals surface area (Å²) < 4.78 is 25.2. The molecule has 0 saturated heterocycles. The van der Waals surface area contributed by atoms with Gasteiger partial charge in [0, 0.05) is 29.1 Å². The number of ketones is 1. The number of rotatable bonds is 3. The van der Waals surface area contributed by atoms with Crippen LogP contribution in [0.2, 0.25) is 0 Å². The molecule has 2 nitrogen and oxygen atoms in total. The first-order chi connectivity index (χ1) is 8.59. The van der Waals surface area contributed by atoms with Crippen molar-refractivity contribution in [3.63, 3.8) is 0 Å². The summed E-state index contributed by atoms with van der Waals surface area (Å²) in [5.74, 6) is -0.216. The molecule has 0 unspecified atom stereocenters. The quantitative estimate of drug-likeness (QED) is 0.776. The van der Waals surface area contributed by atoms with Crippen molar-refractivity contribution in [1.82, 2.24) is 4.98 Å². The summed E-state index contributed by atoms with van der Waals surface area (Å²) >= 11 is 0. The van der Waals surface area contributed by atoms with Gasteiger partial charge in [0.1, 0.15) is 0 Å². The standard InChI is InChI=1S/C14H11F2NO/c1-9-7-10(4-5-12(9)14(15)16)13(18)11-3-2-6-17-8-11/h2-8,14H,1H3. The van der Waals surface area contributed by atoms with Crippen molar-refractivity contribution in [2.75, 3.05) is 0 Å². The second-order valence-electron chi connectivity index (χ2n) is 3.94. The van der Waals surface area contributed by atoms with Crippen molar-refractivity contribution in [2.24, 2.45) is 0 Å². The van der Waals surface area contributed by atoms with Crippen LogP contribution in [-0.4, -0.2) is 10.8 Å². The highest BCUT2D eigenvalue weighted by atomic mass is 19.3. The van der Waals surface area contributed by atoms with Crippen molar-refractivity contribution in [3.8, 4) is 0 Å². The van der Waals surface area contributed by atoms with Gasteiger partial charge in [-0.25, -0.2) is 8.78 Å². The minimum absolute atomic E-state index is 0.0438. The van der Waals surface area contributed by atoms with Crippen LogP contribution < -0.4 is 0 Å². The Bertz CT molecular complexity index is 567. The number of benzene rings is 1. The summed E-state index contributed by atoms with van der Waals surface area (Å²) in [4.78, 5) is 15.9. The molecule has 0 aliphatic carbocycles. The number of aromatic nitrogens is 1. The van der Waals surface area contributed by atoms with Gasteiger partial charge in [-0.1, -0.05) is 12.1 Å². The van der Waals surface area contributed by atoms with Crippen LogP contribution in [0.1, 0.15) is 33.5 Å². The third-order valence-electron chi connectivity index (χ3n) is 2.69. The summed E-state index contributed by atoms with van der Waals surface area (Å²) in [5.41, 5.74) is 1.21. The highest BCUT2D eigenvalue weighted by molar-refractivity contribution is 6.08. The largest absolute Gasteiger partial charge is 0.289 e. The SMILES string of the molecule is Cc1cc(C(=O)c2cccnc2)ccc1C(F)F. The van der Waals surface area contributed by atoms with Crippen molar-refractivity contribution < 1.29 is 13.6 Å². The predicted molar refractivity (Wildman–Crippen MR) is 63.8 cm³/mol. The maximum atomic E-state index is 12.6. The van der Waals surface area contributed by atoms with E-state index in [1.165, 1.54) is 24.4 Å². The zero-order valence-electron chi connectivity index (χ0n) is 9.73. The molecule has 0 aliphatic rings. The number of halogens is 2. The van der Waals surface area contributed by atoms with Crippen molar-refractivity contribution in [1.29, 1.82) is 0 Å². The van der Waals surface area contributed by atoms with Crippen LogP contribution >= 0.6 is 0 Å². The van der Waals surface area contributed by atoms with E-state index in [0.29, 0.717) is 16.7 Å². The van der Waals surface area contributed by atoms with Crippen LogP contribution in [0, 0.1) is 6.92 Å². The molecule has 0 atom stereocenters. The molecule has 0 spiro atoms. The molecular weight excluding hydrogens is 236 g/mol. The molecule has 1 aromatic heterocycles. The normalized spacial score (nSPS) is 10.7. The molecule has 2 aromatic rings. The summed E-state index contributed by atoms with van der Waals surface area (Å²) in [6, 6.07) is 7.50. The first-order valence-electron chi connectivity index (χ1n) is 5.43. The van der Waals surface area contributed by atoms with E-state index in [1.807, 2.05) is 0 Å². The summed E-state index contributed by atoms with van der Waals surface area (Å²) in [6.07, 6.45) is 0.508. The van der Waals surface area contributed by atoms with Gasteiger partial charge in [-0.2, -0.15) is 0 Å². The fourth-order valence-electron chi connectivity index (χ4n) is 1.73. The van der Waals surface area contributed by atoms with Crippen LogP contribution in [0.5, 0.6) is 0 Å². The van der Waals surface area contributed by atoms with Gasteiger partial charge in [-0.05, 0) is 30.7 Å². The van der Waals surface area contributed by atoms with E-state index in [9.17, 15) is 13.6 Å². The molecule has 0 bridgehead atoms. The highest BCUT2D eigenvalue weighted by Crippen LogP contribution is 2.24. The highest BCUT2D eigenvalue weighted by Gasteiger charge is 2.14. The average Bonchev–Trinajstić information content (AvgIpc) is 2.38. The molecule has 0 N–H and O–H groups in total. The van der Waals surface area contributed by atoms with Crippen LogP contribution in [-0.2, 0) is 0 Å². The molecule has 0 aliphatic heterocycles. The molecule has 18 heavy (non-hydrogen) atoms. The Morgan fingerprint density at radius 3 is 2.56 bits per heavy atom. The Morgan fingerprint density at radius 1 is 1.22 bits per heavy atom. The van der Waals surface area contributed by atoms with Gasteiger partial charge in [0.15, 0.2) is 5.78 Å². The van der Waals surface area contributed by atoms with E-state index in [-0.39, 0.29) is 11.3 Å². The number of carbonyl (C=O) groups is 1. The lowest BCUT2D eigenvalue weighted by Gasteiger charge is -2.07. The molecule has 1 heterocycles. The number of carbonyl (C=O) groups excluding carboxylic acids is 1. The molecule has 0 fully saturated rings. The Labute approximate surface area is 103 Å². The molecule has 0 saturated carbocycles. The topological polar surface area (TPSA) is 30.0 Å². The summed E-state index contributed by atoms with van der Waals surface area (Å²) in [7, 11) is 0. The van der Waals surface area contributed by atoms with Crippen LogP contribution in [0.3, 0.4) is 0 Å². The van der Waals surface area contributed by atoms with Gasteiger partial charge < -0.3 is 0 Å². The molecule has 2 rings (SSSR count). The van der Waals surface area contributed by atoms with E-state index in [1.54, 1.807) is 25.3 Å². The van der Waals surface area contributed by atoms with Crippen LogP contribution in [0.4, 0.5) is 8.78 Å². The fourth-order valence-corrected chi connectivity index (χ4v) is 1.73. The predicted octanol–water partition coefficient (Wildman–Crippen LogP) is 3.56. The number of hydrogen-bond acceptors (Lipinski definition) is 2. The van der Waals surface area contributed by atoms with Crippen molar-refractivity contribution in [3.05, 3.63) is 65.0 Å². The molecular formula is C14H11F2NO. The third kappa shape index (κ3) is 2.42. The lowest BCUT2D eigenvalue weighted by Crippen LogP contribution is -2.03. The minimum Gasteiger partial charge on any atom is -0.289 e. The Hall–Kier alpha value is -2.10. The second kappa shape index (κ2) is 5.04. The monoisotopic (exact) mass is 247 g/mol. The first-order valence-corrected chi connectivity index (χ1v) is 5.43. The summed E-state index contributed by atoms with van der Waals surface area (Å²) in [6.45, 7) is 1.57. The minimum atomic E-state index is -2.52. The Morgan fingerprint density at radius 2 is 2.00 bits per heavy atom. The smallest absolute Gasteiger partial charge is 0.264 e. The van der Waals surface area contributed by atoms with E-state index in [2.05, 4.69) is 4.98 Å². The maximum Gasteiger partial charge on any atom is 0.264 e. The maximum absolute atomic E-state index is 12.6. The van der Waals surface area contributed by atoms with Crippen LogP contribution in [0.15, 0.2) is 42.7 Å². The van der Waals surface area contributed by atoms with Crippen LogP contribution in [0.25, 0.3) is 0 Å². The second-order valence-corrected chi connectivity index (χ2v) is 3.94. The number of alkyl halides is 2. The average molecular weight is 247 g/mol. The van der Waals surface area contributed by atoms with Gasteiger partial charge in [0.05, 0.1) is 0 Å².